The summed E-state index contributed by atoms with van der Waals surface area (Å²) in [4.78, 5) is 5.70. The van der Waals surface area contributed by atoms with Crippen LogP contribution in [0, 0.1) is 0 Å². The van der Waals surface area contributed by atoms with E-state index in [0.29, 0.717) is 11.9 Å². The van der Waals surface area contributed by atoms with Crippen LogP contribution in [0.5, 0.6) is 5.88 Å². The molecule has 2 rings (SSSR count). The second-order valence-corrected chi connectivity index (χ2v) is 5.86. The highest BCUT2D eigenvalue weighted by Crippen LogP contribution is 2.25. The van der Waals surface area contributed by atoms with E-state index in [1.54, 1.807) is 18.9 Å². The van der Waals surface area contributed by atoms with Crippen LogP contribution < -0.4 is 10.1 Å². The number of hydrogen-bond acceptors (Lipinski definition) is 4. The number of rotatable bonds is 7. The number of hydrogen-bond donors (Lipinski definition) is 1. The van der Waals surface area contributed by atoms with Crippen LogP contribution in [-0.4, -0.2) is 18.6 Å². The van der Waals surface area contributed by atoms with Crippen LogP contribution in [-0.2, 0) is 5.75 Å². The second-order valence-electron chi connectivity index (χ2n) is 4.81. The van der Waals surface area contributed by atoms with Crippen LogP contribution in [0.3, 0.4) is 0 Å². The molecule has 1 atom stereocenters. The lowest BCUT2D eigenvalue weighted by atomic mass is 10.1. The number of thioether (sulfide) groups is 1. The number of nitrogens with one attached hydrogen (secondary N) is 1. The van der Waals surface area contributed by atoms with E-state index in [2.05, 4.69) is 48.4 Å². The fraction of sp³-hybridized carbons (Fsp3) is 0.353. The lowest BCUT2D eigenvalue weighted by molar-refractivity contribution is 0.397. The van der Waals surface area contributed by atoms with Gasteiger partial charge in [0.2, 0.25) is 5.88 Å². The average molecular weight is 302 g/mol. The molecule has 21 heavy (non-hydrogen) atoms. The molecule has 0 fully saturated rings. The molecule has 0 saturated heterocycles. The number of pyridine rings is 1. The first kappa shape index (κ1) is 15.9. The van der Waals surface area contributed by atoms with Crippen molar-refractivity contribution < 1.29 is 4.74 Å². The summed E-state index contributed by atoms with van der Waals surface area (Å²) in [5.74, 6) is 1.51. The predicted octanol–water partition coefficient (Wildman–Crippen LogP) is 4.05. The van der Waals surface area contributed by atoms with Crippen molar-refractivity contribution in [1.29, 1.82) is 0 Å². The molecule has 1 heterocycles. The Labute approximate surface area is 131 Å². The Morgan fingerprint density at radius 3 is 2.81 bits per heavy atom. The molecule has 0 saturated carbocycles. The maximum atomic E-state index is 5.16. The summed E-state index contributed by atoms with van der Waals surface area (Å²) < 4.78 is 5.16. The van der Waals surface area contributed by atoms with E-state index in [1.807, 2.05) is 18.2 Å². The van der Waals surface area contributed by atoms with Gasteiger partial charge in [0.05, 0.1) is 12.8 Å². The number of nitrogens with zero attached hydrogens (tertiary/aromatic N) is 1. The van der Waals surface area contributed by atoms with Gasteiger partial charge in [-0.25, -0.2) is 4.98 Å². The van der Waals surface area contributed by atoms with Crippen molar-refractivity contribution in [3.63, 3.8) is 0 Å². The lowest BCUT2D eigenvalue weighted by Gasteiger charge is -2.13. The maximum absolute atomic E-state index is 5.16. The van der Waals surface area contributed by atoms with E-state index in [9.17, 15) is 0 Å². The van der Waals surface area contributed by atoms with Crippen molar-refractivity contribution in [3.05, 3.63) is 53.7 Å². The van der Waals surface area contributed by atoms with Crippen LogP contribution in [0.4, 0.5) is 0 Å². The zero-order chi connectivity index (χ0) is 15.1. The molecule has 0 aliphatic heterocycles. The Kier molecular flexibility index (Phi) is 6.08. The Morgan fingerprint density at radius 2 is 2.05 bits per heavy atom. The summed E-state index contributed by atoms with van der Waals surface area (Å²) in [6.45, 7) is 5.30. The normalized spacial score (nSPS) is 12.1. The summed E-state index contributed by atoms with van der Waals surface area (Å²) in [6, 6.07) is 14.9. The summed E-state index contributed by atoms with van der Waals surface area (Å²) in [6.07, 6.45) is 0. The van der Waals surface area contributed by atoms with Crippen molar-refractivity contribution in [2.45, 2.75) is 30.5 Å². The number of benzene rings is 1. The van der Waals surface area contributed by atoms with Crippen LogP contribution in [0.1, 0.15) is 31.1 Å². The average Bonchev–Trinajstić information content (AvgIpc) is 2.53. The number of aromatic nitrogens is 1. The van der Waals surface area contributed by atoms with Gasteiger partial charge in [0.1, 0.15) is 0 Å². The zero-order valence-electron chi connectivity index (χ0n) is 12.8. The second kappa shape index (κ2) is 8.05. The monoisotopic (exact) mass is 302 g/mol. The van der Waals surface area contributed by atoms with Gasteiger partial charge in [-0.3, -0.25) is 0 Å². The van der Waals surface area contributed by atoms with Gasteiger partial charge in [0.25, 0.3) is 0 Å². The molecular weight excluding hydrogens is 280 g/mol. The molecule has 0 aliphatic carbocycles. The standard InChI is InChI=1S/C17H22N2OS/c1-4-18-13(2)14-7-5-9-16(11-14)21-12-15-8-6-10-17(19-15)20-3/h5-11,13,18H,4,12H2,1-3H3. The molecule has 1 aromatic carbocycles. The summed E-state index contributed by atoms with van der Waals surface area (Å²) in [5, 5.41) is 3.44. The first-order chi connectivity index (χ1) is 10.2. The molecule has 4 heteroatoms. The van der Waals surface area contributed by atoms with E-state index in [4.69, 9.17) is 4.74 Å². The van der Waals surface area contributed by atoms with Crippen LogP contribution in [0.2, 0.25) is 0 Å². The van der Waals surface area contributed by atoms with Gasteiger partial charge in [-0.15, -0.1) is 11.8 Å². The Morgan fingerprint density at radius 1 is 1.24 bits per heavy atom. The van der Waals surface area contributed by atoms with Crippen molar-refractivity contribution in [3.8, 4) is 5.88 Å². The lowest BCUT2D eigenvalue weighted by Crippen LogP contribution is -2.17. The molecule has 0 bridgehead atoms. The summed E-state index contributed by atoms with van der Waals surface area (Å²) in [5.41, 5.74) is 2.35. The maximum Gasteiger partial charge on any atom is 0.213 e. The molecule has 3 nitrogen and oxygen atoms in total. The molecular formula is C17H22N2OS. The quantitative estimate of drug-likeness (QED) is 0.782. The van der Waals surface area contributed by atoms with E-state index >= 15 is 0 Å². The fourth-order valence-electron chi connectivity index (χ4n) is 2.11. The first-order valence-corrected chi connectivity index (χ1v) is 8.17. The molecule has 2 aromatic rings. The summed E-state index contributed by atoms with van der Waals surface area (Å²) >= 11 is 1.80. The molecule has 0 radical (unpaired) electrons. The minimum Gasteiger partial charge on any atom is -0.481 e. The first-order valence-electron chi connectivity index (χ1n) is 7.19. The number of ether oxygens (including phenoxy) is 1. The third-order valence-electron chi connectivity index (χ3n) is 3.25. The summed E-state index contributed by atoms with van der Waals surface area (Å²) in [7, 11) is 1.64. The Bertz CT molecular complexity index is 574. The molecule has 0 aliphatic rings. The van der Waals surface area contributed by atoms with Gasteiger partial charge >= 0.3 is 0 Å². The van der Waals surface area contributed by atoms with Gasteiger partial charge in [0, 0.05) is 22.8 Å². The molecule has 1 unspecified atom stereocenters. The van der Waals surface area contributed by atoms with Crippen molar-refractivity contribution >= 4 is 11.8 Å². The molecule has 1 N–H and O–H groups in total. The van der Waals surface area contributed by atoms with Gasteiger partial charge in [-0.05, 0) is 37.2 Å². The van der Waals surface area contributed by atoms with Gasteiger partial charge < -0.3 is 10.1 Å². The molecule has 112 valence electrons. The SMILES string of the molecule is CCNC(C)c1cccc(SCc2cccc(OC)n2)c1. The van der Waals surface area contributed by atoms with E-state index in [0.717, 1.165) is 18.0 Å². The smallest absolute Gasteiger partial charge is 0.213 e. The topological polar surface area (TPSA) is 34.1 Å². The van der Waals surface area contributed by atoms with E-state index < -0.39 is 0 Å². The van der Waals surface area contributed by atoms with Crippen LogP contribution in [0.25, 0.3) is 0 Å². The third-order valence-corrected chi connectivity index (χ3v) is 4.27. The van der Waals surface area contributed by atoms with Crippen molar-refractivity contribution in [2.24, 2.45) is 0 Å². The largest absolute Gasteiger partial charge is 0.481 e. The molecule has 0 spiro atoms. The van der Waals surface area contributed by atoms with Gasteiger partial charge in [-0.1, -0.05) is 25.1 Å². The minimum atomic E-state index is 0.380. The van der Waals surface area contributed by atoms with Gasteiger partial charge in [0.15, 0.2) is 0 Å². The zero-order valence-corrected chi connectivity index (χ0v) is 13.6. The highest BCUT2D eigenvalue weighted by molar-refractivity contribution is 7.98. The molecule has 0 amide bonds. The highest BCUT2D eigenvalue weighted by Gasteiger charge is 2.05. The van der Waals surface area contributed by atoms with E-state index in [-0.39, 0.29) is 0 Å². The molecule has 1 aromatic heterocycles. The van der Waals surface area contributed by atoms with Crippen molar-refractivity contribution in [1.82, 2.24) is 10.3 Å². The van der Waals surface area contributed by atoms with Crippen molar-refractivity contribution in [2.75, 3.05) is 13.7 Å². The van der Waals surface area contributed by atoms with Crippen LogP contribution >= 0.6 is 11.8 Å². The number of methoxy groups -OCH3 is 1. The Balaban J connectivity index is 2.01. The highest BCUT2D eigenvalue weighted by atomic mass is 32.2. The fourth-order valence-corrected chi connectivity index (χ4v) is 2.98. The van der Waals surface area contributed by atoms with E-state index in [1.165, 1.54) is 10.5 Å². The minimum absolute atomic E-state index is 0.380. The van der Waals surface area contributed by atoms with Crippen LogP contribution in [0.15, 0.2) is 47.4 Å². The predicted molar refractivity (Wildman–Crippen MR) is 88.9 cm³/mol. The third kappa shape index (κ3) is 4.76. The Hall–Kier alpha value is -1.52. The van der Waals surface area contributed by atoms with Gasteiger partial charge in [-0.2, -0.15) is 0 Å².